The zero-order valence-electron chi connectivity index (χ0n) is 9.89. The third-order valence-corrected chi connectivity index (χ3v) is 2.31. The first-order valence-corrected chi connectivity index (χ1v) is 5.45. The molecule has 0 saturated heterocycles. The fourth-order valence-electron chi connectivity index (χ4n) is 1.49. The Morgan fingerprint density at radius 2 is 2.07 bits per heavy atom. The maximum atomic E-state index is 5.43. The number of methoxy groups -OCH3 is 1. The van der Waals surface area contributed by atoms with Crippen molar-refractivity contribution in [2.45, 2.75) is 52.2 Å². The lowest BCUT2D eigenvalue weighted by Crippen LogP contribution is -2.40. The van der Waals surface area contributed by atoms with Gasteiger partial charge in [0, 0.05) is 19.6 Å². The van der Waals surface area contributed by atoms with Crippen LogP contribution >= 0.6 is 0 Å². The second kappa shape index (κ2) is 9.05. The first-order valence-electron chi connectivity index (χ1n) is 5.45. The van der Waals surface area contributed by atoms with Crippen molar-refractivity contribution >= 4 is 0 Å². The van der Waals surface area contributed by atoms with Crippen molar-refractivity contribution in [2.24, 2.45) is 0 Å². The normalized spacial score (nSPS) is 14.3. The Morgan fingerprint density at radius 3 is 2.50 bits per heavy atom. The highest BCUT2D eigenvalue weighted by Gasteiger charge is 2.17. The Balaban J connectivity index is 4.10. The molecule has 82 valence electrons. The lowest BCUT2D eigenvalue weighted by atomic mass is 10.1. The Bertz CT molecular complexity index is 176. The van der Waals surface area contributed by atoms with E-state index in [9.17, 15) is 0 Å². The van der Waals surface area contributed by atoms with Crippen LogP contribution in [-0.2, 0) is 4.74 Å². The SMILES string of the molecule is CC#CCC(NCCC)C(CC)OC. The summed E-state index contributed by atoms with van der Waals surface area (Å²) in [6.07, 6.45) is 3.34. The molecule has 2 nitrogen and oxygen atoms in total. The van der Waals surface area contributed by atoms with Crippen molar-refractivity contribution in [3.8, 4) is 11.8 Å². The van der Waals surface area contributed by atoms with Crippen LogP contribution in [0.15, 0.2) is 0 Å². The quantitative estimate of drug-likeness (QED) is 0.632. The van der Waals surface area contributed by atoms with Crippen molar-refractivity contribution in [1.82, 2.24) is 5.32 Å². The predicted molar refractivity (Wildman–Crippen MR) is 61.2 cm³/mol. The smallest absolute Gasteiger partial charge is 0.0730 e. The van der Waals surface area contributed by atoms with Gasteiger partial charge < -0.3 is 10.1 Å². The largest absolute Gasteiger partial charge is 0.380 e. The van der Waals surface area contributed by atoms with Gasteiger partial charge in [-0.15, -0.1) is 11.8 Å². The summed E-state index contributed by atoms with van der Waals surface area (Å²) < 4.78 is 5.43. The first-order chi connectivity index (χ1) is 6.79. The van der Waals surface area contributed by atoms with Gasteiger partial charge in [-0.2, -0.15) is 0 Å². The van der Waals surface area contributed by atoms with E-state index in [2.05, 4.69) is 31.0 Å². The first kappa shape index (κ1) is 13.5. The van der Waals surface area contributed by atoms with Crippen LogP contribution in [0.4, 0.5) is 0 Å². The summed E-state index contributed by atoms with van der Waals surface area (Å²) >= 11 is 0. The van der Waals surface area contributed by atoms with E-state index in [1.54, 1.807) is 7.11 Å². The monoisotopic (exact) mass is 197 g/mol. The molecule has 2 atom stereocenters. The second-order valence-electron chi connectivity index (χ2n) is 3.37. The number of hydrogen-bond donors (Lipinski definition) is 1. The average molecular weight is 197 g/mol. The van der Waals surface area contributed by atoms with Crippen molar-refractivity contribution < 1.29 is 4.74 Å². The Kier molecular flexibility index (Phi) is 8.72. The van der Waals surface area contributed by atoms with E-state index in [4.69, 9.17) is 4.74 Å². The molecule has 1 N–H and O–H groups in total. The fourth-order valence-corrected chi connectivity index (χ4v) is 1.49. The number of nitrogens with one attached hydrogen (secondary N) is 1. The fraction of sp³-hybridized carbons (Fsp3) is 0.833. The maximum Gasteiger partial charge on any atom is 0.0730 e. The van der Waals surface area contributed by atoms with Gasteiger partial charge in [-0.1, -0.05) is 13.8 Å². The minimum Gasteiger partial charge on any atom is -0.380 e. The highest BCUT2D eigenvalue weighted by Crippen LogP contribution is 2.06. The van der Waals surface area contributed by atoms with E-state index >= 15 is 0 Å². The van der Waals surface area contributed by atoms with Crippen molar-refractivity contribution in [1.29, 1.82) is 0 Å². The zero-order valence-corrected chi connectivity index (χ0v) is 9.89. The molecule has 0 amide bonds. The summed E-state index contributed by atoms with van der Waals surface area (Å²) in [5.74, 6) is 6.05. The molecule has 0 saturated carbocycles. The standard InChI is InChI=1S/C12H23NO/c1-5-8-9-11(13-10-6-2)12(7-3)14-4/h11-13H,6-7,9-10H2,1-4H3. The van der Waals surface area contributed by atoms with Crippen LogP contribution in [0.1, 0.15) is 40.0 Å². The highest BCUT2D eigenvalue weighted by molar-refractivity contribution is 4.99. The lowest BCUT2D eigenvalue weighted by molar-refractivity contribution is 0.0668. The van der Waals surface area contributed by atoms with Crippen molar-refractivity contribution in [3.63, 3.8) is 0 Å². The number of hydrogen-bond acceptors (Lipinski definition) is 2. The molecule has 0 bridgehead atoms. The third-order valence-electron chi connectivity index (χ3n) is 2.31. The molecular formula is C12H23NO. The molecule has 0 aliphatic rings. The van der Waals surface area contributed by atoms with Crippen molar-refractivity contribution in [2.75, 3.05) is 13.7 Å². The number of rotatable bonds is 7. The third kappa shape index (κ3) is 5.26. The summed E-state index contributed by atoms with van der Waals surface area (Å²) in [6.45, 7) is 7.23. The minimum absolute atomic E-state index is 0.280. The second-order valence-corrected chi connectivity index (χ2v) is 3.37. The Hall–Kier alpha value is -0.520. The molecule has 2 unspecified atom stereocenters. The Morgan fingerprint density at radius 1 is 1.36 bits per heavy atom. The molecule has 0 aromatic heterocycles. The van der Waals surface area contributed by atoms with Gasteiger partial charge in [0.2, 0.25) is 0 Å². The molecular weight excluding hydrogens is 174 g/mol. The van der Waals surface area contributed by atoms with Crippen molar-refractivity contribution in [3.05, 3.63) is 0 Å². The molecule has 0 aliphatic carbocycles. The van der Waals surface area contributed by atoms with Gasteiger partial charge in [0.15, 0.2) is 0 Å². The van der Waals surface area contributed by atoms with Crippen LogP contribution in [0, 0.1) is 11.8 Å². The van der Waals surface area contributed by atoms with E-state index in [-0.39, 0.29) is 6.10 Å². The summed E-state index contributed by atoms with van der Waals surface area (Å²) in [7, 11) is 1.77. The van der Waals surface area contributed by atoms with E-state index in [0.717, 1.165) is 25.8 Å². The average Bonchev–Trinajstić information content (AvgIpc) is 2.22. The van der Waals surface area contributed by atoms with Gasteiger partial charge in [0.25, 0.3) is 0 Å². The molecule has 0 aliphatic heterocycles. The molecule has 0 aromatic rings. The molecule has 0 fully saturated rings. The van der Waals surface area contributed by atoms with E-state index in [1.165, 1.54) is 0 Å². The maximum absolute atomic E-state index is 5.43. The van der Waals surface area contributed by atoms with Gasteiger partial charge >= 0.3 is 0 Å². The molecule has 0 aromatic carbocycles. The van der Waals surface area contributed by atoms with E-state index in [1.807, 2.05) is 6.92 Å². The lowest BCUT2D eigenvalue weighted by Gasteiger charge is -2.24. The van der Waals surface area contributed by atoms with Crippen LogP contribution in [0.3, 0.4) is 0 Å². The topological polar surface area (TPSA) is 21.3 Å². The van der Waals surface area contributed by atoms with Crippen LogP contribution in [0.5, 0.6) is 0 Å². The van der Waals surface area contributed by atoms with E-state index in [0.29, 0.717) is 6.04 Å². The molecule has 0 heterocycles. The highest BCUT2D eigenvalue weighted by atomic mass is 16.5. The predicted octanol–water partition coefficient (Wildman–Crippen LogP) is 2.19. The van der Waals surface area contributed by atoms with E-state index < -0.39 is 0 Å². The molecule has 0 rings (SSSR count). The Labute approximate surface area is 88.4 Å². The molecule has 14 heavy (non-hydrogen) atoms. The number of ether oxygens (including phenoxy) is 1. The molecule has 0 radical (unpaired) electrons. The minimum atomic E-state index is 0.280. The van der Waals surface area contributed by atoms with Crippen LogP contribution < -0.4 is 5.32 Å². The van der Waals surface area contributed by atoms with Crippen LogP contribution in [-0.4, -0.2) is 25.8 Å². The molecule has 0 spiro atoms. The van der Waals surface area contributed by atoms with Gasteiger partial charge in [0.05, 0.1) is 6.10 Å². The molecule has 2 heteroatoms. The summed E-state index contributed by atoms with van der Waals surface area (Å²) in [4.78, 5) is 0. The zero-order chi connectivity index (χ0) is 10.8. The summed E-state index contributed by atoms with van der Waals surface area (Å²) in [5, 5.41) is 3.48. The summed E-state index contributed by atoms with van der Waals surface area (Å²) in [6, 6.07) is 0.373. The van der Waals surface area contributed by atoms with Crippen LogP contribution in [0.2, 0.25) is 0 Å². The van der Waals surface area contributed by atoms with Gasteiger partial charge in [0.1, 0.15) is 0 Å². The van der Waals surface area contributed by atoms with Gasteiger partial charge in [-0.3, -0.25) is 0 Å². The van der Waals surface area contributed by atoms with Gasteiger partial charge in [-0.05, 0) is 26.3 Å². The summed E-state index contributed by atoms with van der Waals surface area (Å²) in [5.41, 5.74) is 0. The van der Waals surface area contributed by atoms with Gasteiger partial charge in [-0.25, -0.2) is 0 Å². The van der Waals surface area contributed by atoms with Crippen LogP contribution in [0.25, 0.3) is 0 Å².